The van der Waals surface area contributed by atoms with Gasteiger partial charge in [-0.1, -0.05) is 23.7 Å². The van der Waals surface area contributed by atoms with E-state index in [-0.39, 0.29) is 0 Å². The van der Waals surface area contributed by atoms with Gasteiger partial charge >= 0.3 is 0 Å². The number of fused-ring (bicyclic) bond motifs is 1. The number of hydrogen-bond acceptors (Lipinski definition) is 2. The number of aryl methyl sites for hydroxylation is 1. The zero-order valence-electron chi connectivity index (χ0n) is 13.6. The average Bonchev–Trinajstić information content (AvgIpc) is 3.38. The minimum absolute atomic E-state index is 0.669. The molecule has 0 unspecified atom stereocenters. The minimum Gasteiger partial charge on any atom is -0.494 e. The summed E-state index contributed by atoms with van der Waals surface area (Å²) in [5.74, 6) is 2.82. The quantitative estimate of drug-likeness (QED) is 0.536. The molecule has 1 fully saturated rings. The molecule has 0 aliphatic heterocycles. The summed E-state index contributed by atoms with van der Waals surface area (Å²) in [6.45, 7) is 1.74. The largest absolute Gasteiger partial charge is 0.494 e. The van der Waals surface area contributed by atoms with Crippen molar-refractivity contribution in [2.24, 2.45) is 0 Å². The van der Waals surface area contributed by atoms with Crippen molar-refractivity contribution in [3.63, 3.8) is 0 Å². The van der Waals surface area contributed by atoms with Crippen molar-refractivity contribution in [3.8, 4) is 5.75 Å². The van der Waals surface area contributed by atoms with E-state index in [9.17, 15) is 0 Å². The molecule has 0 saturated heterocycles. The molecule has 3 nitrogen and oxygen atoms in total. The van der Waals surface area contributed by atoms with Crippen LogP contribution in [-0.4, -0.2) is 16.2 Å². The molecule has 24 heavy (non-hydrogen) atoms. The van der Waals surface area contributed by atoms with Gasteiger partial charge in [0.2, 0.25) is 0 Å². The van der Waals surface area contributed by atoms with Crippen LogP contribution in [0.3, 0.4) is 0 Å². The summed E-state index contributed by atoms with van der Waals surface area (Å²) in [6.07, 6.45) is 4.68. The van der Waals surface area contributed by atoms with Crippen molar-refractivity contribution >= 4 is 22.6 Å². The lowest BCUT2D eigenvalue weighted by atomic mass is 10.3. The molecule has 0 radical (unpaired) electrons. The third-order valence-electron chi connectivity index (χ3n) is 4.48. The van der Waals surface area contributed by atoms with Crippen molar-refractivity contribution in [3.05, 3.63) is 59.4 Å². The first-order chi connectivity index (χ1) is 11.8. The van der Waals surface area contributed by atoms with Gasteiger partial charge < -0.3 is 9.30 Å². The van der Waals surface area contributed by atoms with Gasteiger partial charge in [0.05, 0.1) is 17.6 Å². The molecule has 1 saturated carbocycles. The third kappa shape index (κ3) is 3.41. The Morgan fingerprint density at radius 1 is 1.04 bits per heavy atom. The lowest BCUT2D eigenvalue weighted by molar-refractivity contribution is 0.303. The van der Waals surface area contributed by atoms with Gasteiger partial charge in [0, 0.05) is 17.5 Å². The van der Waals surface area contributed by atoms with Crippen LogP contribution >= 0.6 is 11.6 Å². The molecular weight excluding hydrogens is 320 g/mol. The Bertz CT molecular complexity index is 821. The van der Waals surface area contributed by atoms with Gasteiger partial charge in [0.25, 0.3) is 0 Å². The number of aromatic nitrogens is 2. The molecule has 0 amide bonds. The van der Waals surface area contributed by atoms with Crippen molar-refractivity contribution in [1.29, 1.82) is 0 Å². The molecule has 124 valence electrons. The number of ether oxygens (including phenoxy) is 1. The number of halogens is 1. The van der Waals surface area contributed by atoms with Crippen LogP contribution in [0.25, 0.3) is 11.0 Å². The van der Waals surface area contributed by atoms with Crippen LogP contribution in [0.4, 0.5) is 0 Å². The molecule has 4 rings (SSSR count). The van der Waals surface area contributed by atoms with Gasteiger partial charge in [-0.3, -0.25) is 0 Å². The average molecular weight is 341 g/mol. The fraction of sp³-hybridized carbons (Fsp3) is 0.350. The molecule has 0 bridgehead atoms. The number of unbranched alkanes of at least 4 members (excludes halogenated alkanes) is 1. The highest BCUT2D eigenvalue weighted by Crippen LogP contribution is 2.40. The van der Waals surface area contributed by atoms with Gasteiger partial charge in [0.1, 0.15) is 11.6 Å². The maximum atomic E-state index is 5.88. The van der Waals surface area contributed by atoms with Crippen LogP contribution in [0.1, 0.15) is 37.4 Å². The zero-order valence-corrected chi connectivity index (χ0v) is 14.4. The number of rotatable bonds is 7. The lowest BCUT2D eigenvalue weighted by Gasteiger charge is -2.10. The summed E-state index contributed by atoms with van der Waals surface area (Å²) in [4.78, 5) is 4.85. The first kappa shape index (κ1) is 15.5. The molecule has 1 aromatic heterocycles. The van der Waals surface area contributed by atoms with Crippen LogP contribution in [0, 0.1) is 0 Å². The van der Waals surface area contributed by atoms with Gasteiger partial charge in [-0.05, 0) is 62.1 Å². The Hall–Kier alpha value is -2.00. The highest BCUT2D eigenvalue weighted by atomic mass is 35.5. The van der Waals surface area contributed by atoms with Crippen molar-refractivity contribution in [1.82, 2.24) is 9.55 Å². The maximum Gasteiger partial charge on any atom is 0.119 e. The predicted octanol–water partition coefficient (Wildman–Crippen LogP) is 5.43. The Balaban J connectivity index is 1.35. The second-order valence-corrected chi connectivity index (χ2v) is 6.83. The van der Waals surface area contributed by atoms with Crippen LogP contribution < -0.4 is 4.74 Å². The summed E-state index contributed by atoms with van der Waals surface area (Å²) in [5.41, 5.74) is 2.38. The Kier molecular flexibility index (Phi) is 4.44. The molecular formula is C20H21ClN2O. The van der Waals surface area contributed by atoms with Crippen LogP contribution in [-0.2, 0) is 6.54 Å². The maximum absolute atomic E-state index is 5.88. The molecule has 0 atom stereocenters. The molecule has 0 N–H and O–H groups in total. The summed E-state index contributed by atoms with van der Waals surface area (Å²) in [5, 5.41) is 0.738. The topological polar surface area (TPSA) is 27.1 Å². The van der Waals surface area contributed by atoms with E-state index in [4.69, 9.17) is 21.3 Å². The molecule has 1 heterocycles. The van der Waals surface area contributed by atoms with Crippen LogP contribution in [0.15, 0.2) is 48.5 Å². The van der Waals surface area contributed by atoms with E-state index < -0.39 is 0 Å². The van der Waals surface area contributed by atoms with E-state index in [1.807, 2.05) is 24.3 Å². The predicted molar refractivity (Wildman–Crippen MR) is 97.9 cm³/mol. The summed E-state index contributed by atoms with van der Waals surface area (Å²) in [6, 6.07) is 16.0. The van der Waals surface area contributed by atoms with Gasteiger partial charge in [-0.2, -0.15) is 0 Å². The fourth-order valence-corrected chi connectivity index (χ4v) is 3.20. The zero-order chi connectivity index (χ0) is 16.4. The van der Waals surface area contributed by atoms with Crippen molar-refractivity contribution in [2.75, 3.05) is 6.61 Å². The third-order valence-corrected chi connectivity index (χ3v) is 4.74. The number of benzene rings is 2. The number of hydrogen-bond donors (Lipinski definition) is 0. The Labute approximate surface area is 147 Å². The second-order valence-electron chi connectivity index (χ2n) is 6.39. The van der Waals surface area contributed by atoms with Crippen LogP contribution in [0.2, 0.25) is 5.02 Å². The molecule has 1 aliphatic rings. The SMILES string of the molecule is Clc1ccc(OCCCCn2c(C3CC3)nc3ccccc32)cc1. The fourth-order valence-electron chi connectivity index (χ4n) is 3.08. The molecule has 4 heteroatoms. The van der Waals surface area contributed by atoms with E-state index in [1.165, 1.54) is 24.2 Å². The first-order valence-corrected chi connectivity index (χ1v) is 9.02. The number of imidazole rings is 1. The second kappa shape index (κ2) is 6.86. The minimum atomic E-state index is 0.669. The molecule has 1 aliphatic carbocycles. The summed E-state index contributed by atoms with van der Waals surface area (Å²) in [7, 11) is 0. The van der Waals surface area contributed by atoms with Crippen molar-refractivity contribution in [2.45, 2.75) is 38.1 Å². The summed E-state index contributed by atoms with van der Waals surface area (Å²) < 4.78 is 8.19. The first-order valence-electron chi connectivity index (χ1n) is 8.65. The standard InChI is InChI=1S/C20H21ClN2O/c21-16-9-11-17(12-10-16)24-14-4-3-13-23-19-6-2-1-5-18(19)22-20(23)15-7-8-15/h1-2,5-6,9-12,15H,3-4,7-8,13-14H2. The van der Waals surface area contributed by atoms with E-state index >= 15 is 0 Å². The highest BCUT2D eigenvalue weighted by Gasteiger charge is 2.29. The Morgan fingerprint density at radius 2 is 1.83 bits per heavy atom. The Morgan fingerprint density at radius 3 is 2.62 bits per heavy atom. The normalized spacial score (nSPS) is 14.2. The monoisotopic (exact) mass is 340 g/mol. The van der Waals surface area contributed by atoms with Gasteiger partial charge in [-0.15, -0.1) is 0 Å². The van der Waals surface area contributed by atoms with Gasteiger partial charge in [-0.25, -0.2) is 4.98 Å². The van der Waals surface area contributed by atoms with Gasteiger partial charge in [0.15, 0.2) is 0 Å². The van der Waals surface area contributed by atoms with E-state index in [0.717, 1.165) is 42.3 Å². The molecule has 3 aromatic rings. The smallest absolute Gasteiger partial charge is 0.119 e. The highest BCUT2D eigenvalue weighted by molar-refractivity contribution is 6.30. The van der Waals surface area contributed by atoms with Crippen molar-refractivity contribution < 1.29 is 4.74 Å². The summed E-state index contributed by atoms with van der Waals surface area (Å²) >= 11 is 5.88. The molecule has 0 spiro atoms. The lowest BCUT2D eigenvalue weighted by Crippen LogP contribution is -2.05. The van der Waals surface area contributed by atoms with Crippen LogP contribution in [0.5, 0.6) is 5.75 Å². The molecule has 2 aromatic carbocycles. The number of para-hydroxylation sites is 2. The van der Waals surface area contributed by atoms with E-state index in [0.29, 0.717) is 5.92 Å². The number of nitrogens with zero attached hydrogens (tertiary/aromatic N) is 2. The van der Waals surface area contributed by atoms with E-state index in [1.54, 1.807) is 0 Å². The van der Waals surface area contributed by atoms with E-state index in [2.05, 4.69) is 28.8 Å².